The van der Waals surface area contributed by atoms with Crippen LogP contribution in [0.25, 0.3) is 22.2 Å². The Labute approximate surface area is 161 Å². The first-order valence-electron chi connectivity index (χ1n) is 8.76. The lowest BCUT2D eigenvalue weighted by atomic mass is 10.1. The summed E-state index contributed by atoms with van der Waals surface area (Å²) in [6, 6.07) is 15.3. The van der Waals surface area contributed by atoms with Gasteiger partial charge in [-0.15, -0.1) is 0 Å². The molecule has 4 rings (SSSR count). The second kappa shape index (κ2) is 7.48. The molecule has 0 spiro atoms. The summed E-state index contributed by atoms with van der Waals surface area (Å²) >= 11 is 0. The zero-order valence-corrected chi connectivity index (χ0v) is 15.2. The number of hydrogen-bond acceptors (Lipinski definition) is 3. The minimum atomic E-state index is -0.300. The van der Waals surface area contributed by atoms with Crippen LogP contribution in [0.3, 0.4) is 0 Å². The van der Waals surface area contributed by atoms with Crippen molar-refractivity contribution in [1.82, 2.24) is 20.1 Å². The van der Waals surface area contributed by atoms with Gasteiger partial charge in [0.15, 0.2) is 0 Å². The van der Waals surface area contributed by atoms with E-state index in [1.54, 1.807) is 35.3 Å². The van der Waals surface area contributed by atoms with Crippen LogP contribution < -0.4 is 10.6 Å². The predicted molar refractivity (Wildman–Crippen MR) is 106 cm³/mol. The fraction of sp³-hybridized carbons (Fsp3) is 0.0952. The highest BCUT2D eigenvalue weighted by molar-refractivity contribution is 5.94. The molecule has 0 saturated carbocycles. The van der Waals surface area contributed by atoms with Crippen LogP contribution >= 0.6 is 0 Å². The minimum absolute atomic E-state index is 0.296. The van der Waals surface area contributed by atoms with E-state index >= 15 is 0 Å². The van der Waals surface area contributed by atoms with E-state index in [2.05, 4.69) is 20.7 Å². The maximum atomic E-state index is 13.6. The molecule has 7 heteroatoms. The van der Waals surface area contributed by atoms with Gasteiger partial charge in [0, 0.05) is 42.6 Å². The standard InChI is InChI=1S/C21H18FN5O/c1-27-19-7-4-16(22)12-18(19)20(26-27)15-2-5-17(6-3-15)25-21(28)24-13-14-8-10-23-11-9-14/h2-12H,13H2,1H3,(H2,24,25,28). The van der Waals surface area contributed by atoms with E-state index in [4.69, 9.17) is 0 Å². The van der Waals surface area contributed by atoms with Crippen molar-refractivity contribution >= 4 is 22.6 Å². The van der Waals surface area contributed by atoms with Crippen molar-refractivity contribution < 1.29 is 9.18 Å². The van der Waals surface area contributed by atoms with Gasteiger partial charge >= 0.3 is 6.03 Å². The normalized spacial score (nSPS) is 10.8. The Morgan fingerprint density at radius 1 is 1.07 bits per heavy atom. The summed E-state index contributed by atoms with van der Waals surface area (Å²) in [5.74, 6) is -0.300. The van der Waals surface area contributed by atoms with Gasteiger partial charge in [0.2, 0.25) is 0 Å². The molecule has 4 aromatic rings. The molecule has 0 bridgehead atoms. The zero-order chi connectivity index (χ0) is 19.5. The SMILES string of the molecule is Cn1nc(-c2ccc(NC(=O)NCc3ccncc3)cc2)c2cc(F)ccc21. The van der Waals surface area contributed by atoms with Gasteiger partial charge in [-0.1, -0.05) is 12.1 Å². The number of amides is 2. The maximum Gasteiger partial charge on any atom is 0.319 e. The molecule has 0 saturated heterocycles. The smallest absolute Gasteiger partial charge is 0.319 e. The van der Waals surface area contributed by atoms with Crippen LogP contribution in [0, 0.1) is 5.82 Å². The molecule has 0 radical (unpaired) electrons. The fourth-order valence-corrected chi connectivity index (χ4v) is 3.02. The lowest BCUT2D eigenvalue weighted by molar-refractivity contribution is 0.251. The number of aryl methyl sites for hydroxylation is 1. The van der Waals surface area contributed by atoms with Crippen molar-refractivity contribution in [1.29, 1.82) is 0 Å². The number of rotatable bonds is 4. The molecule has 28 heavy (non-hydrogen) atoms. The second-order valence-electron chi connectivity index (χ2n) is 6.37. The summed E-state index contributed by atoms with van der Waals surface area (Å²) in [6.45, 7) is 0.415. The van der Waals surface area contributed by atoms with Crippen molar-refractivity contribution in [2.75, 3.05) is 5.32 Å². The van der Waals surface area contributed by atoms with Crippen LogP contribution in [0.15, 0.2) is 67.0 Å². The number of pyridine rings is 1. The number of halogens is 1. The third-order valence-electron chi connectivity index (χ3n) is 4.43. The summed E-state index contributed by atoms with van der Waals surface area (Å²) in [5.41, 5.74) is 4.02. The van der Waals surface area contributed by atoms with Crippen LogP contribution in [-0.2, 0) is 13.6 Å². The molecule has 0 unspecified atom stereocenters. The van der Waals surface area contributed by atoms with Crippen LogP contribution in [0.4, 0.5) is 14.9 Å². The second-order valence-corrected chi connectivity index (χ2v) is 6.37. The number of hydrogen-bond donors (Lipinski definition) is 2. The lowest BCUT2D eigenvalue weighted by Gasteiger charge is -2.08. The van der Waals surface area contributed by atoms with Crippen molar-refractivity contribution in [3.63, 3.8) is 0 Å². The van der Waals surface area contributed by atoms with E-state index in [9.17, 15) is 9.18 Å². The molecule has 2 heterocycles. The Morgan fingerprint density at radius 2 is 1.82 bits per heavy atom. The summed E-state index contributed by atoms with van der Waals surface area (Å²) in [6.07, 6.45) is 3.36. The van der Waals surface area contributed by atoms with E-state index in [0.717, 1.165) is 22.0 Å². The molecular formula is C21H18FN5O. The fourth-order valence-electron chi connectivity index (χ4n) is 3.02. The Morgan fingerprint density at radius 3 is 2.57 bits per heavy atom. The summed E-state index contributed by atoms with van der Waals surface area (Å²) in [5, 5.41) is 10.8. The molecule has 2 amide bonds. The topological polar surface area (TPSA) is 71.8 Å². The molecule has 2 aromatic carbocycles. The van der Waals surface area contributed by atoms with Crippen molar-refractivity contribution in [3.8, 4) is 11.3 Å². The molecule has 0 aliphatic carbocycles. The number of nitrogens with zero attached hydrogens (tertiary/aromatic N) is 3. The molecule has 6 nitrogen and oxygen atoms in total. The molecule has 0 aliphatic rings. The van der Waals surface area contributed by atoms with Crippen LogP contribution in [-0.4, -0.2) is 20.8 Å². The third kappa shape index (κ3) is 3.68. The summed E-state index contributed by atoms with van der Waals surface area (Å²) in [4.78, 5) is 16.0. The molecule has 140 valence electrons. The van der Waals surface area contributed by atoms with E-state index in [0.29, 0.717) is 17.9 Å². The highest BCUT2D eigenvalue weighted by atomic mass is 19.1. The largest absolute Gasteiger partial charge is 0.334 e. The quantitative estimate of drug-likeness (QED) is 0.564. The van der Waals surface area contributed by atoms with Gasteiger partial charge in [0.25, 0.3) is 0 Å². The number of carbonyl (C=O) groups is 1. The first-order chi connectivity index (χ1) is 13.6. The van der Waals surface area contributed by atoms with E-state index in [1.807, 2.05) is 31.3 Å². The maximum absolute atomic E-state index is 13.6. The van der Waals surface area contributed by atoms with E-state index in [1.165, 1.54) is 12.1 Å². The average molecular weight is 375 g/mol. The molecule has 0 atom stereocenters. The van der Waals surface area contributed by atoms with Gasteiger partial charge in [0.05, 0.1) is 5.52 Å². The Bertz CT molecular complexity index is 1120. The van der Waals surface area contributed by atoms with Crippen LogP contribution in [0.2, 0.25) is 0 Å². The number of urea groups is 1. The van der Waals surface area contributed by atoms with Crippen molar-refractivity contribution in [2.24, 2.45) is 7.05 Å². The number of fused-ring (bicyclic) bond motifs is 1. The number of aromatic nitrogens is 3. The molecule has 2 aromatic heterocycles. The molecule has 2 N–H and O–H groups in total. The Balaban J connectivity index is 1.47. The average Bonchev–Trinajstić information content (AvgIpc) is 3.03. The van der Waals surface area contributed by atoms with Crippen molar-refractivity contribution in [2.45, 2.75) is 6.54 Å². The Kier molecular flexibility index (Phi) is 4.72. The predicted octanol–water partition coefficient (Wildman–Crippen LogP) is 4.10. The van der Waals surface area contributed by atoms with Crippen molar-refractivity contribution in [3.05, 3.63) is 78.4 Å². The number of nitrogens with one attached hydrogen (secondary N) is 2. The summed E-state index contributed by atoms with van der Waals surface area (Å²) < 4.78 is 15.4. The van der Waals surface area contributed by atoms with Gasteiger partial charge in [-0.05, 0) is 48.0 Å². The first-order valence-corrected chi connectivity index (χ1v) is 8.76. The first kappa shape index (κ1) is 17.7. The van der Waals surface area contributed by atoms with Crippen LogP contribution in [0.1, 0.15) is 5.56 Å². The Hall–Kier alpha value is -3.74. The molecule has 0 aliphatic heterocycles. The number of carbonyl (C=O) groups excluding carboxylic acids is 1. The van der Waals surface area contributed by atoms with E-state index < -0.39 is 0 Å². The zero-order valence-electron chi connectivity index (χ0n) is 15.2. The molecule has 0 fully saturated rings. The van der Waals surface area contributed by atoms with Gasteiger partial charge in [0.1, 0.15) is 11.5 Å². The minimum Gasteiger partial charge on any atom is -0.334 e. The van der Waals surface area contributed by atoms with Crippen LogP contribution in [0.5, 0.6) is 0 Å². The van der Waals surface area contributed by atoms with Gasteiger partial charge < -0.3 is 10.6 Å². The highest BCUT2D eigenvalue weighted by Gasteiger charge is 2.12. The van der Waals surface area contributed by atoms with E-state index in [-0.39, 0.29) is 11.8 Å². The van der Waals surface area contributed by atoms with Gasteiger partial charge in [-0.25, -0.2) is 9.18 Å². The number of benzene rings is 2. The monoisotopic (exact) mass is 375 g/mol. The highest BCUT2D eigenvalue weighted by Crippen LogP contribution is 2.29. The molecular weight excluding hydrogens is 357 g/mol. The number of anilines is 1. The third-order valence-corrected chi connectivity index (χ3v) is 4.43. The lowest BCUT2D eigenvalue weighted by Crippen LogP contribution is -2.28. The van der Waals surface area contributed by atoms with Gasteiger partial charge in [-0.2, -0.15) is 5.10 Å². The summed E-state index contributed by atoms with van der Waals surface area (Å²) in [7, 11) is 1.83. The van der Waals surface area contributed by atoms with Gasteiger partial charge in [-0.3, -0.25) is 9.67 Å².